The van der Waals surface area contributed by atoms with E-state index in [1.54, 1.807) is 31.2 Å². The summed E-state index contributed by atoms with van der Waals surface area (Å²) < 4.78 is 28.9. The minimum atomic E-state index is -2.93. The molecule has 1 heterocycles. The normalized spacial score (nSPS) is 16.6. The lowest BCUT2D eigenvalue weighted by atomic mass is 9.94. The highest BCUT2D eigenvalue weighted by atomic mass is 19.3. The molecule has 140 valence electrons. The first-order chi connectivity index (χ1) is 12.9. The molecule has 1 aliphatic rings. The summed E-state index contributed by atoms with van der Waals surface area (Å²) in [5.41, 5.74) is 1.90. The van der Waals surface area contributed by atoms with Gasteiger partial charge < -0.3 is 20.7 Å². The number of rotatable bonds is 5. The van der Waals surface area contributed by atoms with E-state index in [9.17, 15) is 18.4 Å². The Balaban J connectivity index is 1.88. The molecule has 1 aliphatic heterocycles. The molecule has 0 bridgehead atoms. The monoisotopic (exact) mass is 373 g/mol. The lowest BCUT2D eigenvalue weighted by Gasteiger charge is -2.28. The number of nitrogens with one attached hydrogen (secondary N) is 3. The fourth-order valence-electron chi connectivity index (χ4n) is 2.81. The van der Waals surface area contributed by atoms with E-state index in [0.29, 0.717) is 22.5 Å². The van der Waals surface area contributed by atoms with Gasteiger partial charge in [0.15, 0.2) is 0 Å². The Morgan fingerprint density at radius 1 is 1.11 bits per heavy atom. The Morgan fingerprint density at radius 2 is 1.78 bits per heavy atom. The maximum atomic E-state index is 12.8. The van der Waals surface area contributed by atoms with Crippen LogP contribution in [0.5, 0.6) is 5.75 Å². The number of ether oxygens (including phenoxy) is 1. The molecule has 0 aliphatic carbocycles. The second kappa shape index (κ2) is 7.86. The van der Waals surface area contributed by atoms with Gasteiger partial charge in [0.25, 0.3) is 5.91 Å². The zero-order valence-electron chi connectivity index (χ0n) is 14.3. The summed E-state index contributed by atoms with van der Waals surface area (Å²) in [5.74, 6) is -0.394. The van der Waals surface area contributed by atoms with Gasteiger partial charge in [-0.25, -0.2) is 4.79 Å². The third-order valence-electron chi connectivity index (χ3n) is 3.98. The van der Waals surface area contributed by atoms with E-state index < -0.39 is 18.7 Å². The lowest BCUT2D eigenvalue weighted by Crippen LogP contribution is -2.45. The minimum Gasteiger partial charge on any atom is -0.435 e. The molecule has 8 heteroatoms. The van der Waals surface area contributed by atoms with Gasteiger partial charge in [-0.2, -0.15) is 8.78 Å². The summed E-state index contributed by atoms with van der Waals surface area (Å²) in [6.07, 6.45) is 0. The van der Waals surface area contributed by atoms with Crippen LogP contribution in [0.15, 0.2) is 65.9 Å². The van der Waals surface area contributed by atoms with Crippen LogP contribution >= 0.6 is 0 Å². The number of para-hydroxylation sites is 1. The summed E-state index contributed by atoms with van der Waals surface area (Å²) in [4.78, 5) is 24.7. The maximum Gasteiger partial charge on any atom is 0.387 e. The van der Waals surface area contributed by atoms with Crippen LogP contribution in [0, 0.1) is 0 Å². The van der Waals surface area contributed by atoms with Crippen molar-refractivity contribution in [2.24, 2.45) is 0 Å². The summed E-state index contributed by atoms with van der Waals surface area (Å²) in [6, 6.07) is 13.5. The van der Waals surface area contributed by atoms with Crippen LogP contribution in [0.3, 0.4) is 0 Å². The van der Waals surface area contributed by atoms with Crippen LogP contribution in [0.2, 0.25) is 0 Å². The van der Waals surface area contributed by atoms with Gasteiger partial charge in [0, 0.05) is 11.4 Å². The molecular weight excluding hydrogens is 356 g/mol. The Labute approximate surface area is 154 Å². The molecule has 0 radical (unpaired) electrons. The van der Waals surface area contributed by atoms with Crippen molar-refractivity contribution >= 4 is 17.6 Å². The molecule has 27 heavy (non-hydrogen) atoms. The Morgan fingerprint density at radius 3 is 2.41 bits per heavy atom. The number of benzene rings is 2. The highest BCUT2D eigenvalue weighted by molar-refractivity contribution is 6.06. The number of anilines is 1. The van der Waals surface area contributed by atoms with Gasteiger partial charge in [0.05, 0.1) is 11.6 Å². The Kier molecular flexibility index (Phi) is 5.35. The minimum absolute atomic E-state index is 0.00926. The lowest BCUT2D eigenvalue weighted by molar-refractivity contribution is -0.113. The molecule has 1 atom stereocenters. The molecule has 3 N–H and O–H groups in total. The quantitative estimate of drug-likeness (QED) is 0.750. The van der Waals surface area contributed by atoms with E-state index >= 15 is 0 Å². The van der Waals surface area contributed by atoms with Crippen LogP contribution in [-0.4, -0.2) is 18.5 Å². The number of carbonyl (C=O) groups excluding carboxylic acids is 2. The molecule has 3 rings (SSSR count). The van der Waals surface area contributed by atoms with Gasteiger partial charge in [0.1, 0.15) is 5.75 Å². The number of alkyl halides is 2. The van der Waals surface area contributed by atoms with Crippen LogP contribution in [0.4, 0.5) is 19.3 Å². The topological polar surface area (TPSA) is 79.5 Å². The van der Waals surface area contributed by atoms with Crippen molar-refractivity contribution in [1.29, 1.82) is 0 Å². The van der Waals surface area contributed by atoms with Crippen molar-refractivity contribution < 1.29 is 23.1 Å². The smallest absolute Gasteiger partial charge is 0.387 e. The average molecular weight is 373 g/mol. The van der Waals surface area contributed by atoms with E-state index in [4.69, 9.17) is 0 Å². The molecule has 0 saturated heterocycles. The van der Waals surface area contributed by atoms with Gasteiger partial charge >= 0.3 is 12.6 Å². The summed E-state index contributed by atoms with van der Waals surface area (Å²) in [7, 11) is 0. The zero-order valence-corrected chi connectivity index (χ0v) is 14.3. The summed E-state index contributed by atoms with van der Waals surface area (Å²) >= 11 is 0. The molecule has 2 aromatic carbocycles. The van der Waals surface area contributed by atoms with Crippen LogP contribution in [0.1, 0.15) is 18.5 Å². The number of halogens is 2. The van der Waals surface area contributed by atoms with E-state index in [1.165, 1.54) is 24.3 Å². The van der Waals surface area contributed by atoms with Crippen LogP contribution < -0.4 is 20.7 Å². The van der Waals surface area contributed by atoms with Gasteiger partial charge in [-0.1, -0.05) is 30.3 Å². The standard InChI is InChI=1S/C19H17F2N3O3/c1-11-15(17(25)23-13-5-3-2-4-6-13)16(24-19(26)22-11)12-7-9-14(10-8-12)27-18(20)21/h2-10,16,18H,1H3,(H,23,25)(H2,22,24,26)/t16-/m1/s1. The number of carbonyl (C=O) groups is 2. The van der Waals surface area contributed by atoms with Crippen molar-refractivity contribution in [3.63, 3.8) is 0 Å². The van der Waals surface area contributed by atoms with Crippen molar-refractivity contribution in [2.45, 2.75) is 19.6 Å². The fourth-order valence-corrected chi connectivity index (χ4v) is 2.81. The predicted octanol–water partition coefficient (Wildman–Crippen LogP) is 3.55. The van der Waals surface area contributed by atoms with E-state index in [1.807, 2.05) is 6.07 Å². The van der Waals surface area contributed by atoms with Crippen molar-refractivity contribution in [3.8, 4) is 5.75 Å². The molecule has 0 fully saturated rings. The third-order valence-corrected chi connectivity index (χ3v) is 3.98. The van der Waals surface area contributed by atoms with Gasteiger partial charge in [-0.15, -0.1) is 0 Å². The SMILES string of the molecule is CC1=C(C(=O)Nc2ccccc2)[C@@H](c2ccc(OC(F)F)cc2)NC(=O)N1. The number of urea groups is 1. The van der Waals surface area contributed by atoms with Crippen molar-refractivity contribution in [1.82, 2.24) is 10.6 Å². The molecule has 0 spiro atoms. The molecule has 0 aromatic heterocycles. The second-order valence-electron chi connectivity index (χ2n) is 5.84. The zero-order chi connectivity index (χ0) is 19.4. The Hall–Kier alpha value is -3.42. The third kappa shape index (κ3) is 4.41. The summed E-state index contributed by atoms with van der Waals surface area (Å²) in [6.45, 7) is -1.30. The van der Waals surface area contributed by atoms with Gasteiger partial charge in [-0.05, 0) is 36.8 Å². The van der Waals surface area contributed by atoms with Gasteiger partial charge in [0.2, 0.25) is 0 Å². The molecule has 2 aromatic rings. The highest BCUT2D eigenvalue weighted by Crippen LogP contribution is 2.29. The van der Waals surface area contributed by atoms with E-state index in [0.717, 1.165) is 0 Å². The Bertz CT molecular complexity index is 868. The van der Waals surface area contributed by atoms with Crippen molar-refractivity contribution in [3.05, 3.63) is 71.4 Å². The number of hydrogen-bond donors (Lipinski definition) is 3. The van der Waals surface area contributed by atoms with Crippen LogP contribution in [-0.2, 0) is 4.79 Å². The van der Waals surface area contributed by atoms with E-state index in [-0.39, 0.29) is 11.7 Å². The second-order valence-corrected chi connectivity index (χ2v) is 5.84. The van der Waals surface area contributed by atoms with Gasteiger partial charge in [-0.3, -0.25) is 4.79 Å². The molecule has 0 unspecified atom stereocenters. The van der Waals surface area contributed by atoms with Crippen molar-refractivity contribution in [2.75, 3.05) is 5.32 Å². The first-order valence-corrected chi connectivity index (χ1v) is 8.13. The van der Waals surface area contributed by atoms with Crippen LogP contribution in [0.25, 0.3) is 0 Å². The first-order valence-electron chi connectivity index (χ1n) is 8.13. The highest BCUT2D eigenvalue weighted by Gasteiger charge is 2.31. The molecule has 6 nitrogen and oxygen atoms in total. The summed E-state index contributed by atoms with van der Waals surface area (Å²) in [5, 5.41) is 8.04. The first kappa shape index (κ1) is 18.4. The molecule has 3 amide bonds. The molecular formula is C19H17F2N3O3. The predicted molar refractivity (Wildman–Crippen MR) is 95.3 cm³/mol. The number of hydrogen-bond acceptors (Lipinski definition) is 3. The largest absolute Gasteiger partial charge is 0.435 e. The maximum absolute atomic E-state index is 12.8. The fraction of sp³-hybridized carbons (Fsp3) is 0.158. The van der Waals surface area contributed by atoms with E-state index in [2.05, 4.69) is 20.7 Å². The molecule has 0 saturated carbocycles. The average Bonchev–Trinajstić information content (AvgIpc) is 2.62. The number of allylic oxidation sites excluding steroid dienone is 1. The number of amides is 3.